The molecule has 0 spiro atoms. The van der Waals surface area contributed by atoms with Crippen molar-refractivity contribution in [3.05, 3.63) is 75.5 Å². The molecule has 3 atom stereocenters. The first-order valence-electron chi connectivity index (χ1n) is 11.7. The van der Waals surface area contributed by atoms with Crippen LogP contribution in [0.15, 0.2) is 53.5 Å². The van der Waals surface area contributed by atoms with Crippen molar-refractivity contribution in [2.75, 3.05) is 4.90 Å². The van der Waals surface area contributed by atoms with Crippen molar-refractivity contribution in [3.63, 3.8) is 0 Å². The zero-order chi connectivity index (χ0) is 27.1. The standard InChI is InChI=1S/C27H33BrClFN2O3S/c1-8-12-21(31-36(34)26(5,6)7)27(17-13-10-9-11-14-17)16-18-20(15-19(30)23(29)22(18)28)32(27)24(33)35-25(2,3)4/h8-11,13-15,21,31H,1,12,16H2,2-7H3/t21-,27+,36-/m1/s1. The summed E-state index contributed by atoms with van der Waals surface area (Å²) in [4.78, 5) is 15.4. The van der Waals surface area contributed by atoms with Crippen LogP contribution in [0.25, 0.3) is 0 Å². The van der Waals surface area contributed by atoms with Crippen molar-refractivity contribution in [1.29, 1.82) is 0 Å². The molecule has 0 aromatic heterocycles. The van der Waals surface area contributed by atoms with Crippen LogP contribution in [-0.2, 0) is 28.1 Å². The van der Waals surface area contributed by atoms with Gasteiger partial charge in [0, 0.05) is 22.3 Å². The van der Waals surface area contributed by atoms with E-state index in [2.05, 4.69) is 27.2 Å². The van der Waals surface area contributed by atoms with Crippen molar-refractivity contribution in [2.24, 2.45) is 0 Å². The van der Waals surface area contributed by atoms with Gasteiger partial charge in [-0.05, 0) is 81.1 Å². The average Bonchev–Trinajstić information content (AvgIpc) is 3.12. The fourth-order valence-corrected chi connectivity index (χ4v) is 5.98. The van der Waals surface area contributed by atoms with Gasteiger partial charge in [-0.3, -0.25) is 4.90 Å². The summed E-state index contributed by atoms with van der Waals surface area (Å²) in [6, 6.07) is 10.2. The molecular weight excluding hydrogens is 567 g/mol. The summed E-state index contributed by atoms with van der Waals surface area (Å²) in [6.07, 6.45) is 1.73. The molecule has 0 fully saturated rings. The molecule has 1 amide bonds. The lowest BCUT2D eigenvalue weighted by molar-refractivity contribution is 0.0526. The quantitative estimate of drug-likeness (QED) is 0.213. The van der Waals surface area contributed by atoms with Gasteiger partial charge in [0.25, 0.3) is 0 Å². The second kappa shape index (κ2) is 10.7. The first-order chi connectivity index (χ1) is 16.6. The lowest BCUT2D eigenvalue weighted by Crippen LogP contribution is -2.62. The zero-order valence-electron chi connectivity index (χ0n) is 21.5. The van der Waals surface area contributed by atoms with Crippen LogP contribution in [0.4, 0.5) is 14.9 Å². The Labute approximate surface area is 229 Å². The predicted octanol–water partition coefficient (Wildman–Crippen LogP) is 7.43. The van der Waals surface area contributed by atoms with Gasteiger partial charge in [0.1, 0.15) is 21.7 Å². The minimum absolute atomic E-state index is 0.0618. The normalized spacial score (nSPS) is 19.6. The van der Waals surface area contributed by atoms with Crippen molar-refractivity contribution >= 4 is 50.7 Å². The Bertz CT molecular complexity index is 1140. The van der Waals surface area contributed by atoms with Crippen LogP contribution >= 0.6 is 27.5 Å². The van der Waals surface area contributed by atoms with Crippen molar-refractivity contribution in [1.82, 2.24) is 4.72 Å². The van der Waals surface area contributed by atoms with E-state index in [1.54, 1.807) is 26.8 Å². The highest BCUT2D eigenvalue weighted by Gasteiger charge is 2.56. The van der Waals surface area contributed by atoms with Gasteiger partial charge in [-0.2, -0.15) is 0 Å². The Kier molecular flexibility index (Phi) is 8.58. The molecule has 36 heavy (non-hydrogen) atoms. The van der Waals surface area contributed by atoms with Crippen LogP contribution in [0, 0.1) is 5.82 Å². The van der Waals surface area contributed by atoms with Gasteiger partial charge in [0.15, 0.2) is 0 Å². The summed E-state index contributed by atoms with van der Waals surface area (Å²) in [5.41, 5.74) is -0.144. The number of nitrogens with one attached hydrogen (secondary N) is 1. The van der Waals surface area contributed by atoms with Gasteiger partial charge in [-0.25, -0.2) is 9.18 Å². The van der Waals surface area contributed by atoms with Gasteiger partial charge in [-0.15, -0.1) is 11.3 Å². The highest BCUT2D eigenvalue weighted by atomic mass is 79.9. The molecule has 0 saturated heterocycles. The van der Waals surface area contributed by atoms with E-state index in [9.17, 15) is 13.7 Å². The predicted molar refractivity (Wildman–Crippen MR) is 149 cm³/mol. The van der Waals surface area contributed by atoms with Crippen LogP contribution in [0.2, 0.25) is 5.02 Å². The fourth-order valence-electron chi connectivity index (χ4n) is 4.37. The first kappa shape index (κ1) is 29.0. The molecule has 1 N–H and O–H groups in total. The van der Waals surface area contributed by atoms with E-state index in [0.717, 1.165) is 5.56 Å². The number of carbonyl (C=O) groups excluding carboxylic acids is 1. The maximum Gasteiger partial charge on any atom is 0.415 e. The number of benzene rings is 2. The van der Waals surface area contributed by atoms with Crippen LogP contribution < -0.4 is 9.62 Å². The molecule has 3 rings (SSSR count). The number of hydrogen-bond acceptors (Lipinski definition) is 4. The fraction of sp³-hybridized carbons (Fsp3) is 0.444. The number of halogens is 3. The molecule has 1 heterocycles. The lowest BCUT2D eigenvalue weighted by Gasteiger charge is -2.45. The van der Waals surface area contributed by atoms with Crippen molar-refractivity contribution in [2.45, 2.75) is 76.3 Å². The van der Waals surface area contributed by atoms with E-state index < -0.39 is 45.2 Å². The van der Waals surface area contributed by atoms with Gasteiger partial charge in [-0.1, -0.05) is 48.0 Å². The molecule has 5 nitrogen and oxygen atoms in total. The van der Waals surface area contributed by atoms with Crippen LogP contribution in [0.5, 0.6) is 0 Å². The molecule has 2 aromatic carbocycles. The Balaban J connectivity index is 2.36. The van der Waals surface area contributed by atoms with Gasteiger partial charge < -0.3 is 9.29 Å². The van der Waals surface area contributed by atoms with E-state index >= 15 is 0 Å². The molecule has 0 unspecified atom stereocenters. The Morgan fingerprint density at radius 1 is 1.33 bits per heavy atom. The second-order valence-electron chi connectivity index (χ2n) is 10.8. The number of hydrogen-bond donors (Lipinski definition) is 1. The average molecular weight is 600 g/mol. The van der Waals surface area contributed by atoms with Crippen molar-refractivity contribution in [3.8, 4) is 0 Å². The van der Waals surface area contributed by atoms with Crippen LogP contribution in [0.3, 0.4) is 0 Å². The van der Waals surface area contributed by atoms with Crippen LogP contribution in [0.1, 0.15) is 59.1 Å². The Morgan fingerprint density at radius 2 is 1.94 bits per heavy atom. The number of rotatable bonds is 6. The second-order valence-corrected chi connectivity index (χ2v) is 14.0. The highest BCUT2D eigenvalue weighted by molar-refractivity contribution is 9.10. The number of carbonyl (C=O) groups is 1. The summed E-state index contributed by atoms with van der Waals surface area (Å²) >= 11 is 8.27. The number of nitrogens with zero attached hydrogens (tertiary/aromatic N) is 1. The molecule has 0 saturated carbocycles. The number of ether oxygens (including phenoxy) is 1. The SMILES string of the molecule is C=CC[C@@H](N[S@+]([O-])C(C)(C)C)[C@@]1(c2ccccc2)Cc2c(cc(F)c(Cl)c2Br)N1C(=O)OC(C)(C)C. The maximum absolute atomic E-state index is 15.0. The third kappa shape index (κ3) is 5.63. The summed E-state index contributed by atoms with van der Waals surface area (Å²) in [5.74, 6) is -0.661. The maximum atomic E-state index is 15.0. The summed E-state index contributed by atoms with van der Waals surface area (Å²) in [5, 5.41) is -0.0618. The molecule has 1 aliphatic heterocycles. The summed E-state index contributed by atoms with van der Waals surface area (Å²) in [6.45, 7) is 14.9. The number of amides is 1. The molecule has 2 aromatic rings. The largest absolute Gasteiger partial charge is 0.598 e. The van der Waals surface area contributed by atoms with Gasteiger partial charge in [0.2, 0.25) is 0 Å². The third-order valence-electron chi connectivity index (χ3n) is 5.96. The van der Waals surface area contributed by atoms with E-state index in [1.165, 1.54) is 11.0 Å². The summed E-state index contributed by atoms with van der Waals surface area (Å²) in [7, 11) is 0. The molecular formula is C27H33BrClFN2O3S. The highest BCUT2D eigenvalue weighted by Crippen LogP contribution is 2.52. The lowest BCUT2D eigenvalue weighted by atomic mass is 9.78. The van der Waals surface area contributed by atoms with Gasteiger partial charge >= 0.3 is 6.09 Å². The molecule has 9 heteroatoms. The topological polar surface area (TPSA) is 64.6 Å². The Morgan fingerprint density at radius 3 is 2.47 bits per heavy atom. The summed E-state index contributed by atoms with van der Waals surface area (Å²) < 4.78 is 37.3. The molecule has 0 aliphatic carbocycles. The number of anilines is 1. The molecule has 0 radical (unpaired) electrons. The minimum atomic E-state index is -1.48. The Hall–Kier alpha value is -1.58. The van der Waals surface area contributed by atoms with E-state index in [-0.39, 0.29) is 11.4 Å². The molecule has 0 bridgehead atoms. The van der Waals surface area contributed by atoms with Crippen LogP contribution in [-0.4, -0.2) is 27.0 Å². The van der Waals surface area contributed by atoms with Crippen molar-refractivity contribution < 1.29 is 18.5 Å². The number of fused-ring (bicyclic) bond motifs is 1. The van der Waals surface area contributed by atoms with E-state index in [1.807, 2.05) is 51.1 Å². The van der Waals surface area contributed by atoms with E-state index in [4.69, 9.17) is 16.3 Å². The molecule has 196 valence electrons. The first-order valence-corrected chi connectivity index (χ1v) is 14.0. The van der Waals surface area contributed by atoms with Gasteiger partial charge in [0.05, 0.1) is 16.8 Å². The monoisotopic (exact) mass is 598 g/mol. The third-order valence-corrected chi connectivity index (χ3v) is 9.04. The van der Waals surface area contributed by atoms with E-state index in [0.29, 0.717) is 22.1 Å². The minimum Gasteiger partial charge on any atom is -0.598 e. The zero-order valence-corrected chi connectivity index (χ0v) is 24.6. The molecule has 1 aliphatic rings. The smallest absolute Gasteiger partial charge is 0.415 e.